The second kappa shape index (κ2) is 4.67. The molecule has 1 fully saturated rings. The van der Waals surface area contributed by atoms with Crippen LogP contribution in [0, 0.1) is 0 Å². The lowest BCUT2D eigenvalue weighted by Gasteiger charge is -2.35. The average molecular weight is 237 g/mol. The van der Waals surface area contributed by atoms with E-state index in [1.54, 1.807) is 0 Å². The van der Waals surface area contributed by atoms with Crippen molar-refractivity contribution in [3.05, 3.63) is 18.1 Å². The number of carbonyl (C=O) groups is 1. The maximum atomic E-state index is 10.7. The number of hydrogen-bond donors (Lipinski definition) is 1. The second-order valence-electron chi connectivity index (χ2n) is 4.23. The van der Waals surface area contributed by atoms with Crippen LogP contribution < -0.4 is 4.90 Å². The highest BCUT2D eigenvalue weighted by Gasteiger charge is 2.23. The molecular formula is C11H15N3O3. The molecule has 0 aromatic carbocycles. The normalized spacial score (nSPS) is 24.7. The van der Waals surface area contributed by atoms with Gasteiger partial charge in [-0.3, -0.25) is 0 Å². The molecule has 0 saturated carbocycles. The number of aromatic nitrogens is 2. The fraction of sp³-hybridized carbons (Fsp3) is 0.545. The number of morpholine rings is 1. The Bertz CT molecular complexity index is 397. The first-order valence-electron chi connectivity index (χ1n) is 5.52. The SMILES string of the molecule is CC1CN(c2cnc(C(=O)O)cn2)CC(C)O1. The quantitative estimate of drug-likeness (QED) is 0.819. The van der Waals surface area contributed by atoms with E-state index in [0.717, 1.165) is 13.1 Å². The van der Waals surface area contributed by atoms with Crippen LogP contribution in [0.4, 0.5) is 5.82 Å². The molecule has 2 unspecified atom stereocenters. The molecule has 1 saturated heterocycles. The minimum atomic E-state index is -1.06. The molecule has 6 heteroatoms. The van der Waals surface area contributed by atoms with E-state index in [1.807, 2.05) is 13.8 Å². The van der Waals surface area contributed by atoms with Gasteiger partial charge in [-0.1, -0.05) is 0 Å². The molecule has 0 bridgehead atoms. The van der Waals surface area contributed by atoms with Gasteiger partial charge in [-0.2, -0.15) is 0 Å². The van der Waals surface area contributed by atoms with E-state index < -0.39 is 5.97 Å². The molecule has 0 amide bonds. The first-order chi connectivity index (χ1) is 8.06. The highest BCUT2D eigenvalue weighted by Crippen LogP contribution is 2.17. The minimum Gasteiger partial charge on any atom is -0.476 e. The number of carboxylic acid groups (broad SMARTS) is 1. The summed E-state index contributed by atoms with van der Waals surface area (Å²) in [5.41, 5.74) is -0.0388. The van der Waals surface area contributed by atoms with Crippen LogP contribution in [0.2, 0.25) is 0 Å². The van der Waals surface area contributed by atoms with Crippen LogP contribution in [0.25, 0.3) is 0 Å². The second-order valence-corrected chi connectivity index (χ2v) is 4.23. The lowest BCUT2D eigenvalue weighted by Crippen LogP contribution is -2.45. The third-order valence-electron chi connectivity index (χ3n) is 2.60. The Labute approximate surface area is 99.2 Å². The number of rotatable bonds is 2. The number of nitrogens with zero attached hydrogens (tertiary/aromatic N) is 3. The van der Waals surface area contributed by atoms with Gasteiger partial charge in [0.2, 0.25) is 0 Å². The van der Waals surface area contributed by atoms with Gasteiger partial charge in [0.25, 0.3) is 0 Å². The van der Waals surface area contributed by atoms with Crippen LogP contribution >= 0.6 is 0 Å². The molecule has 2 atom stereocenters. The Morgan fingerprint density at radius 1 is 1.35 bits per heavy atom. The van der Waals surface area contributed by atoms with Gasteiger partial charge in [0.15, 0.2) is 5.69 Å². The Morgan fingerprint density at radius 2 is 2.00 bits per heavy atom. The molecule has 92 valence electrons. The largest absolute Gasteiger partial charge is 0.476 e. The number of hydrogen-bond acceptors (Lipinski definition) is 5. The van der Waals surface area contributed by atoms with Gasteiger partial charge in [-0.25, -0.2) is 14.8 Å². The fourth-order valence-electron chi connectivity index (χ4n) is 1.96. The van der Waals surface area contributed by atoms with Gasteiger partial charge in [-0.15, -0.1) is 0 Å². The van der Waals surface area contributed by atoms with E-state index >= 15 is 0 Å². The first kappa shape index (κ1) is 11.8. The lowest BCUT2D eigenvalue weighted by molar-refractivity contribution is -0.00549. The molecule has 2 heterocycles. The van der Waals surface area contributed by atoms with Crippen molar-refractivity contribution in [2.24, 2.45) is 0 Å². The molecule has 0 spiro atoms. The van der Waals surface area contributed by atoms with E-state index in [0.29, 0.717) is 5.82 Å². The van der Waals surface area contributed by atoms with Crippen molar-refractivity contribution < 1.29 is 14.6 Å². The van der Waals surface area contributed by atoms with Gasteiger partial charge in [0.05, 0.1) is 24.6 Å². The molecule has 2 rings (SSSR count). The minimum absolute atomic E-state index is 0.0388. The Balaban J connectivity index is 2.14. The molecule has 1 aromatic heterocycles. The molecule has 17 heavy (non-hydrogen) atoms. The lowest BCUT2D eigenvalue weighted by atomic mass is 10.2. The number of carboxylic acids is 1. The maximum absolute atomic E-state index is 10.7. The van der Waals surface area contributed by atoms with E-state index in [9.17, 15) is 4.79 Å². The summed E-state index contributed by atoms with van der Waals surface area (Å²) in [6.07, 6.45) is 3.05. The molecule has 1 aromatic rings. The smallest absolute Gasteiger partial charge is 0.356 e. The zero-order chi connectivity index (χ0) is 12.4. The Morgan fingerprint density at radius 3 is 2.47 bits per heavy atom. The van der Waals surface area contributed by atoms with Crippen LogP contribution in [0.15, 0.2) is 12.4 Å². The van der Waals surface area contributed by atoms with Crippen molar-refractivity contribution in [1.29, 1.82) is 0 Å². The third kappa shape index (κ3) is 2.71. The standard InChI is InChI=1S/C11H15N3O3/c1-7-5-14(6-8(2)17-7)10-4-12-9(3-13-10)11(15)16/h3-4,7-8H,5-6H2,1-2H3,(H,15,16). The highest BCUT2D eigenvalue weighted by molar-refractivity contribution is 5.84. The summed E-state index contributed by atoms with van der Waals surface area (Å²) in [6, 6.07) is 0. The van der Waals surface area contributed by atoms with Crippen LogP contribution in [0.5, 0.6) is 0 Å². The zero-order valence-corrected chi connectivity index (χ0v) is 9.83. The summed E-state index contributed by atoms with van der Waals surface area (Å²) >= 11 is 0. The molecular weight excluding hydrogens is 222 g/mol. The number of anilines is 1. The van der Waals surface area contributed by atoms with Crippen molar-refractivity contribution in [2.45, 2.75) is 26.1 Å². The topological polar surface area (TPSA) is 75.6 Å². The van der Waals surface area contributed by atoms with Crippen molar-refractivity contribution in [3.8, 4) is 0 Å². The van der Waals surface area contributed by atoms with Gasteiger partial charge in [0, 0.05) is 13.1 Å². The summed E-state index contributed by atoms with van der Waals surface area (Å²) in [4.78, 5) is 20.7. The zero-order valence-electron chi connectivity index (χ0n) is 9.83. The monoisotopic (exact) mass is 237 g/mol. The van der Waals surface area contributed by atoms with Crippen LogP contribution in [0.1, 0.15) is 24.3 Å². The van der Waals surface area contributed by atoms with Crippen molar-refractivity contribution in [2.75, 3.05) is 18.0 Å². The summed E-state index contributed by atoms with van der Waals surface area (Å²) < 4.78 is 5.62. The molecule has 6 nitrogen and oxygen atoms in total. The van der Waals surface area contributed by atoms with E-state index in [4.69, 9.17) is 9.84 Å². The van der Waals surface area contributed by atoms with Gasteiger partial charge in [-0.05, 0) is 13.8 Å². The summed E-state index contributed by atoms with van der Waals surface area (Å²) in [6.45, 7) is 5.49. The predicted molar refractivity (Wildman–Crippen MR) is 61.2 cm³/mol. The number of ether oxygens (including phenoxy) is 1. The van der Waals surface area contributed by atoms with E-state index in [-0.39, 0.29) is 17.9 Å². The molecule has 1 aliphatic rings. The van der Waals surface area contributed by atoms with Crippen LogP contribution in [-0.4, -0.2) is 46.3 Å². The van der Waals surface area contributed by atoms with Gasteiger partial charge < -0.3 is 14.7 Å². The summed E-state index contributed by atoms with van der Waals surface area (Å²) in [5, 5.41) is 8.73. The Hall–Kier alpha value is -1.69. The molecule has 1 N–H and O–H groups in total. The highest BCUT2D eigenvalue weighted by atomic mass is 16.5. The first-order valence-corrected chi connectivity index (χ1v) is 5.52. The van der Waals surface area contributed by atoms with E-state index in [2.05, 4.69) is 14.9 Å². The maximum Gasteiger partial charge on any atom is 0.356 e. The van der Waals surface area contributed by atoms with Crippen LogP contribution in [0.3, 0.4) is 0 Å². The van der Waals surface area contributed by atoms with Crippen molar-refractivity contribution >= 4 is 11.8 Å². The Kier molecular flexibility index (Phi) is 3.23. The average Bonchev–Trinajstić information content (AvgIpc) is 2.28. The van der Waals surface area contributed by atoms with Crippen LogP contribution in [-0.2, 0) is 4.74 Å². The third-order valence-corrected chi connectivity index (χ3v) is 2.60. The summed E-state index contributed by atoms with van der Waals surface area (Å²) in [5.74, 6) is -0.371. The molecule has 0 aliphatic carbocycles. The molecule has 1 aliphatic heterocycles. The fourth-order valence-corrected chi connectivity index (χ4v) is 1.96. The van der Waals surface area contributed by atoms with Gasteiger partial charge in [0.1, 0.15) is 5.82 Å². The molecule has 0 radical (unpaired) electrons. The van der Waals surface area contributed by atoms with Crippen molar-refractivity contribution in [1.82, 2.24) is 9.97 Å². The van der Waals surface area contributed by atoms with Gasteiger partial charge >= 0.3 is 5.97 Å². The van der Waals surface area contributed by atoms with E-state index in [1.165, 1.54) is 12.4 Å². The summed E-state index contributed by atoms with van der Waals surface area (Å²) in [7, 11) is 0. The predicted octanol–water partition coefficient (Wildman–Crippen LogP) is 0.788. The van der Waals surface area contributed by atoms with Crippen molar-refractivity contribution in [3.63, 3.8) is 0 Å². The number of aromatic carboxylic acids is 1.